The van der Waals surface area contributed by atoms with E-state index in [-0.39, 0.29) is 4.90 Å². The molecule has 112 valence electrons. The number of imidazole rings is 1. The van der Waals surface area contributed by atoms with Crippen LogP contribution in [0.2, 0.25) is 5.02 Å². The first kappa shape index (κ1) is 15.8. The van der Waals surface area contributed by atoms with Crippen molar-refractivity contribution in [2.45, 2.75) is 17.2 Å². The van der Waals surface area contributed by atoms with Crippen LogP contribution in [0.25, 0.3) is 0 Å². The van der Waals surface area contributed by atoms with Gasteiger partial charge in [-0.15, -0.1) is 11.6 Å². The molecule has 0 aliphatic rings. The Labute approximate surface area is 130 Å². The van der Waals surface area contributed by atoms with Crippen molar-refractivity contribution in [3.63, 3.8) is 0 Å². The summed E-state index contributed by atoms with van der Waals surface area (Å²) in [5.41, 5.74) is -0.998. The van der Waals surface area contributed by atoms with Crippen LogP contribution in [0.4, 0.5) is 0 Å². The zero-order valence-electron chi connectivity index (χ0n) is 10.7. The lowest BCUT2D eigenvalue weighted by atomic mass is 10.4. The Morgan fingerprint density at radius 2 is 1.76 bits per heavy atom. The second-order valence-electron chi connectivity index (χ2n) is 4.16. The smallest absolute Gasteiger partial charge is 0.272 e. The largest absolute Gasteiger partial charge is 0.349 e. The van der Waals surface area contributed by atoms with Crippen LogP contribution in [-0.4, -0.2) is 28.2 Å². The predicted molar refractivity (Wildman–Crippen MR) is 78.7 cm³/mol. The monoisotopic (exact) mass is 348 g/mol. The van der Waals surface area contributed by atoms with Gasteiger partial charge in [0.25, 0.3) is 15.9 Å². The van der Waals surface area contributed by atoms with Gasteiger partial charge in [0.2, 0.25) is 0 Å². The summed E-state index contributed by atoms with van der Waals surface area (Å²) in [7, 11) is -4.10. The summed E-state index contributed by atoms with van der Waals surface area (Å²) in [6.07, 6.45) is 2.07. The molecule has 0 unspecified atom stereocenters. The number of benzene rings is 1. The topological polar surface area (TPSA) is 78.1 Å². The molecule has 1 atom stereocenters. The molecule has 0 bridgehead atoms. The Bertz CT molecular complexity index is 835. The predicted octanol–water partition coefficient (Wildman–Crippen LogP) is 1.81. The molecule has 2 aromatic rings. The zero-order chi connectivity index (χ0) is 15.8. The molecule has 0 spiro atoms. The fourth-order valence-corrected chi connectivity index (χ4v) is 3.07. The molecule has 1 aromatic heterocycles. The Morgan fingerprint density at radius 1 is 1.19 bits per heavy atom. The molecule has 9 heteroatoms. The molecule has 0 amide bonds. The van der Waals surface area contributed by atoms with Gasteiger partial charge in [-0.1, -0.05) is 11.6 Å². The highest BCUT2D eigenvalue weighted by atomic mass is 35.5. The molecule has 6 nitrogen and oxygen atoms in total. The first-order valence-electron chi connectivity index (χ1n) is 5.74. The maximum absolute atomic E-state index is 12.3. The average molecular weight is 349 g/mol. The van der Waals surface area contributed by atoms with Crippen molar-refractivity contribution in [1.29, 1.82) is 0 Å². The molecule has 21 heavy (non-hydrogen) atoms. The molecular formula is C12H10Cl2N2O4S. The van der Waals surface area contributed by atoms with E-state index in [0.29, 0.717) is 13.6 Å². The minimum atomic E-state index is -4.10. The summed E-state index contributed by atoms with van der Waals surface area (Å²) in [6, 6.07) is 5.33. The van der Waals surface area contributed by atoms with Crippen LogP contribution in [0.15, 0.2) is 46.3 Å². The number of carbonyl (C=O) groups is 1. The number of aromatic nitrogens is 2. The van der Waals surface area contributed by atoms with Gasteiger partial charge in [0.05, 0.1) is 4.90 Å². The minimum absolute atomic E-state index is 0.113. The highest BCUT2D eigenvalue weighted by Gasteiger charge is 2.23. The number of carbonyl (C=O) groups excluding carboxylic acids is 1. The second kappa shape index (κ2) is 5.67. The van der Waals surface area contributed by atoms with Crippen LogP contribution in [0, 0.1) is 0 Å². The molecule has 0 fully saturated rings. The van der Waals surface area contributed by atoms with E-state index >= 15 is 0 Å². The molecule has 0 radical (unpaired) electrons. The average Bonchev–Trinajstić information content (AvgIpc) is 2.80. The fourth-order valence-electron chi connectivity index (χ4n) is 1.62. The molecule has 1 aromatic carbocycles. The third-order valence-corrected chi connectivity index (χ3v) is 4.80. The van der Waals surface area contributed by atoms with Crippen LogP contribution >= 0.6 is 23.2 Å². The van der Waals surface area contributed by atoms with E-state index in [1.807, 2.05) is 0 Å². The summed E-state index contributed by atoms with van der Waals surface area (Å²) in [4.78, 5) is 23.6. The van der Waals surface area contributed by atoms with Crippen LogP contribution in [0.5, 0.6) is 0 Å². The van der Waals surface area contributed by atoms with Gasteiger partial charge < -0.3 is 0 Å². The van der Waals surface area contributed by atoms with Crippen LogP contribution in [-0.2, 0) is 10.0 Å². The number of alkyl halides is 1. The van der Waals surface area contributed by atoms with Crippen molar-refractivity contribution in [3.05, 3.63) is 52.2 Å². The molecule has 0 N–H and O–H groups in total. The third-order valence-electron chi connectivity index (χ3n) is 2.69. The maximum atomic E-state index is 12.3. The number of hydrogen-bond acceptors (Lipinski definition) is 4. The van der Waals surface area contributed by atoms with Gasteiger partial charge in [-0.25, -0.2) is 17.8 Å². The van der Waals surface area contributed by atoms with E-state index in [2.05, 4.69) is 0 Å². The molecule has 0 saturated carbocycles. The Balaban J connectivity index is 2.55. The van der Waals surface area contributed by atoms with Gasteiger partial charge in [0.1, 0.15) is 5.38 Å². The molecule has 0 aliphatic carbocycles. The standard InChI is InChI=1S/C12H10Cl2N2O4S/c1-8(13)11(17)15-6-7-16(12(15)18)21(19,20)10-4-2-9(14)3-5-10/h2-8H,1H3/t8-/m0/s1. The number of nitrogens with zero attached hydrogens (tertiary/aromatic N) is 2. The van der Waals surface area contributed by atoms with Crippen molar-refractivity contribution >= 4 is 39.1 Å². The van der Waals surface area contributed by atoms with E-state index in [1.165, 1.54) is 31.2 Å². The lowest BCUT2D eigenvalue weighted by Gasteiger charge is -2.05. The highest BCUT2D eigenvalue weighted by molar-refractivity contribution is 7.90. The fraction of sp³-hybridized carbons (Fsp3) is 0.167. The second-order valence-corrected chi connectivity index (χ2v) is 7.07. The van der Waals surface area contributed by atoms with Crippen molar-refractivity contribution in [2.24, 2.45) is 0 Å². The Kier molecular flexibility index (Phi) is 4.27. The van der Waals surface area contributed by atoms with Crippen molar-refractivity contribution < 1.29 is 13.2 Å². The van der Waals surface area contributed by atoms with E-state index < -0.39 is 27.0 Å². The van der Waals surface area contributed by atoms with Crippen LogP contribution < -0.4 is 5.69 Å². The normalized spacial score (nSPS) is 13.1. The highest BCUT2D eigenvalue weighted by Crippen LogP contribution is 2.16. The zero-order valence-corrected chi connectivity index (χ0v) is 13.1. The van der Waals surface area contributed by atoms with Gasteiger partial charge >= 0.3 is 5.69 Å². The number of rotatable bonds is 3. The van der Waals surface area contributed by atoms with Gasteiger partial charge in [-0.3, -0.25) is 4.79 Å². The SMILES string of the molecule is C[C@H](Cl)C(=O)n1ccn(S(=O)(=O)c2ccc(Cl)cc2)c1=O. The lowest BCUT2D eigenvalue weighted by molar-refractivity contribution is 0.0908. The van der Waals surface area contributed by atoms with Crippen LogP contribution in [0.1, 0.15) is 11.7 Å². The van der Waals surface area contributed by atoms with Gasteiger partial charge in [-0.2, -0.15) is 3.97 Å². The summed E-state index contributed by atoms with van der Waals surface area (Å²) in [6.45, 7) is 1.39. The minimum Gasteiger partial charge on any atom is -0.272 e. The molecule has 0 aliphatic heterocycles. The summed E-state index contributed by atoms with van der Waals surface area (Å²) in [5.74, 6) is -0.702. The van der Waals surface area contributed by atoms with E-state index in [1.54, 1.807) is 0 Å². The summed E-state index contributed by atoms with van der Waals surface area (Å²) in [5, 5.41) is -0.582. The lowest BCUT2D eigenvalue weighted by Crippen LogP contribution is -2.34. The van der Waals surface area contributed by atoms with Gasteiger partial charge in [-0.05, 0) is 31.2 Å². The quantitative estimate of drug-likeness (QED) is 0.792. The van der Waals surface area contributed by atoms with Crippen LogP contribution in [0.3, 0.4) is 0 Å². The maximum Gasteiger partial charge on any atom is 0.349 e. The van der Waals surface area contributed by atoms with Crippen molar-refractivity contribution in [2.75, 3.05) is 0 Å². The molecule has 2 rings (SSSR count). The van der Waals surface area contributed by atoms with E-state index in [4.69, 9.17) is 23.2 Å². The summed E-state index contributed by atoms with van der Waals surface area (Å²) < 4.78 is 25.8. The Morgan fingerprint density at radius 3 is 2.29 bits per heavy atom. The number of hydrogen-bond donors (Lipinski definition) is 0. The molecule has 1 heterocycles. The first-order chi connectivity index (χ1) is 9.75. The van der Waals surface area contributed by atoms with E-state index in [9.17, 15) is 18.0 Å². The first-order valence-corrected chi connectivity index (χ1v) is 8.00. The number of halogens is 2. The third kappa shape index (κ3) is 2.90. The Hall–Kier alpha value is -1.57. The molecule has 0 saturated heterocycles. The van der Waals surface area contributed by atoms with Gasteiger partial charge in [0.15, 0.2) is 0 Å². The summed E-state index contributed by atoms with van der Waals surface area (Å²) >= 11 is 11.3. The molecular weight excluding hydrogens is 339 g/mol. The van der Waals surface area contributed by atoms with Crippen molar-refractivity contribution in [3.8, 4) is 0 Å². The van der Waals surface area contributed by atoms with Gasteiger partial charge in [0, 0.05) is 17.4 Å². The van der Waals surface area contributed by atoms with Crippen molar-refractivity contribution in [1.82, 2.24) is 8.54 Å². The van der Waals surface area contributed by atoms with E-state index in [0.717, 1.165) is 12.4 Å².